The molecule has 0 fully saturated rings. The Morgan fingerprint density at radius 1 is 1.89 bits per heavy atom. The molecule has 0 aliphatic rings. The average Bonchev–Trinajstić information content (AvgIpc) is 2.17. The SMILES string of the molecule is COCc1cc(=O)s[nH]1. The molecular formula is C5H7NO2S. The largest absolute Gasteiger partial charge is 0.378 e. The molecule has 0 bridgehead atoms. The number of H-pyrrole nitrogens is 1. The first kappa shape index (κ1) is 6.51. The first-order valence-electron chi connectivity index (χ1n) is 2.49. The molecule has 0 atom stereocenters. The minimum absolute atomic E-state index is 0.0436. The summed E-state index contributed by atoms with van der Waals surface area (Å²) in [7, 11) is 1.59. The molecule has 3 nitrogen and oxygen atoms in total. The van der Waals surface area contributed by atoms with Crippen LogP contribution in [0.1, 0.15) is 5.69 Å². The molecule has 1 heterocycles. The molecule has 0 spiro atoms. The minimum atomic E-state index is 0.0436. The van der Waals surface area contributed by atoms with Gasteiger partial charge in [0.25, 0.3) is 0 Å². The van der Waals surface area contributed by atoms with Crippen LogP contribution in [0.3, 0.4) is 0 Å². The molecule has 0 aliphatic carbocycles. The lowest BCUT2D eigenvalue weighted by Crippen LogP contribution is -1.87. The van der Waals surface area contributed by atoms with Gasteiger partial charge in [0.15, 0.2) is 0 Å². The van der Waals surface area contributed by atoms with Crippen molar-refractivity contribution in [3.63, 3.8) is 0 Å². The van der Waals surface area contributed by atoms with Gasteiger partial charge >= 0.3 is 0 Å². The van der Waals surface area contributed by atoms with E-state index in [1.165, 1.54) is 6.07 Å². The highest BCUT2D eigenvalue weighted by Crippen LogP contribution is 1.93. The Hall–Kier alpha value is -0.610. The van der Waals surface area contributed by atoms with E-state index in [2.05, 4.69) is 4.37 Å². The van der Waals surface area contributed by atoms with Gasteiger partial charge in [0, 0.05) is 13.2 Å². The smallest absolute Gasteiger partial charge is 0.249 e. The van der Waals surface area contributed by atoms with Crippen molar-refractivity contribution in [2.45, 2.75) is 6.61 Å². The lowest BCUT2D eigenvalue weighted by Gasteiger charge is -1.89. The van der Waals surface area contributed by atoms with E-state index in [1.54, 1.807) is 7.11 Å². The zero-order valence-corrected chi connectivity index (χ0v) is 5.83. The highest BCUT2D eigenvalue weighted by Gasteiger charge is 1.92. The molecule has 0 radical (unpaired) electrons. The fourth-order valence-corrected chi connectivity index (χ4v) is 1.09. The number of methoxy groups -OCH3 is 1. The van der Waals surface area contributed by atoms with Crippen LogP contribution in [0.15, 0.2) is 10.9 Å². The Morgan fingerprint density at radius 2 is 2.67 bits per heavy atom. The third kappa shape index (κ3) is 1.65. The number of hydrogen-bond acceptors (Lipinski definition) is 3. The molecule has 1 aromatic rings. The van der Waals surface area contributed by atoms with Crippen molar-refractivity contribution >= 4 is 11.5 Å². The maximum atomic E-state index is 10.5. The molecule has 0 saturated carbocycles. The predicted octanol–water partition coefficient (Wildman–Crippen LogP) is 0.583. The van der Waals surface area contributed by atoms with Crippen molar-refractivity contribution in [2.75, 3.05) is 7.11 Å². The molecule has 0 saturated heterocycles. The Morgan fingerprint density at radius 3 is 3.11 bits per heavy atom. The Balaban J connectivity index is 2.73. The molecular weight excluding hydrogens is 138 g/mol. The summed E-state index contributed by atoms with van der Waals surface area (Å²) in [6.45, 7) is 0.485. The van der Waals surface area contributed by atoms with Gasteiger partial charge in [-0.25, -0.2) is 0 Å². The second kappa shape index (κ2) is 2.80. The summed E-state index contributed by atoms with van der Waals surface area (Å²) in [6.07, 6.45) is 0. The third-order valence-corrected chi connectivity index (χ3v) is 1.56. The summed E-state index contributed by atoms with van der Waals surface area (Å²) in [5, 5.41) is 0. The molecule has 50 valence electrons. The lowest BCUT2D eigenvalue weighted by atomic mass is 10.5. The first-order chi connectivity index (χ1) is 4.33. The summed E-state index contributed by atoms with van der Waals surface area (Å²) < 4.78 is 7.63. The van der Waals surface area contributed by atoms with E-state index >= 15 is 0 Å². The molecule has 1 N–H and O–H groups in total. The zero-order chi connectivity index (χ0) is 6.69. The second-order valence-corrected chi connectivity index (χ2v) is 2.44. The van der Waals surface area contributed by atoms with E-state index in [4.69, 9.17) is 4.74 Å². The van der Waals surface area contributed by atoms with Crippen LogP contribution in [0.4, 0.5) is 0 Å². The Labute approximate surface area is 56.4 Å². The zero-order valence-electron chi connectivity index (χ0n) is 5.01. The fraction of sp³-hybridized carbons (Fsp3) is 0.400. The topological polar surface area (TPSA) is 42.1 Å². The average molecular weight is 145 g/mol. The summed E-state index contributed by atoms with van der Waals surface area (Å²) in [6, 6.07) is 1.54. The van der Waals surface area contributed by atoms with Crippen LogP contribution in [-0.4, -0.2) is 11.5 Å². The standard InChI is InChI=1S/C5H7NO2S/c1-8-3-4-2-5(7)9-6-4/h2,6H,3H2,1H3. The van der Waals surface area contributed by atoms with Gasteiger partial charge in [-0.3, -0.25) is 4.79 Å². The van der Waals surface area contributed by atoms with Gasteiger partial charge in [-0.1, -0.05) is 0 Å². The summed E-state index contributed by atoms with van der Waals surface area (Å²) in [5.41, 5.74) is 0.840. The predicted molar refractivity (Wildman–Crippen MR) is 35.7 cm³/mol. The molecule has 1 rings (SSSR count). The number of hydrogen-bond donors (Lipinski definition) is 1. The molecule has 4 heteroatoms. The number of ether oxygens (including phenoxy) is 1. The molecule has 0 aromatic carbocycles. The number of aromatic nitrogens is 1. The summed E-state index contributed by atoms with van der Waals surface area (Å²) in [4.78, 5) is 10.5. The highest BCUT2D eigenvalue weighted by molar-refractivity contribution is 7.03. The van der Waals surface area contributed by atoms with E-state index in [-0.39, 0.29) is 4.74 Å². The monoisotopic (exact) mass is 145 g/mol. The number of rotatable bonds is 2. The van der Waals surface area contributed by atoms with Crippen molar-refractivity contribution in [2.24, 2.45) is 0 Å². The van der Waals surface area contributed by atoms with Crippen LogP contribution >= 0.6 is 11.5 Å². The second-order valence-electron chi connectivity index (χ2n) is 1.63. The fourth-order valence-electron chi connectivity index (χ4n) is 0.544. The van der Waals surface area contributed by atoms with E-state index in [0.717, 1.165) is 17.2 Å². The van der Waals surface area contributed by atoms with Gasteiger partial charge in [-0.2, -0.15) is 0 Å². The van der Waals surface area contributed by atoms with E-state index in [0.29, 0.717) is 6.61 Å². The molecule has 1 aromatic heterocycles. The van der Waals surface area contributed by atoms with Gasteiger partial charge in [0.2, 0.25) is 4.74 Å². The minimum Gasteiger partial charge on any atom is -0.378 e. The van der Waals surface area contributed by atoms with Gasteiger partial charge in [0.05, 0.1) is 12.3 Å². The Bertz CT molecular complexity index is 227. The highest BCUT2D eigenvalue weighted by atomic mass is 32.1. The van der Waals surface area contributed by atoms with Crippen molar-refractivity contribution in [3.05, 3.63) is 21.3 Å². The quantitative estimate of drug-likeness (QED) is 0.661. The van der Waals surface area contributed by atoms with E-state index in [1.807, 2.05) is 0 Å². The number of aromatic amines is 1. The van der Waals surface area contributed by atoms with Crippen LogP contribution in [0.5, 0.6) is 0 Å². The van der Waals surface area contributed by atoms with Crippen LogP contribution in [0, 0.1) is 0 Å². The van der Waals surface area contributed by atoms with Crippen LogP contribution in [0.2, 0.25) is 0 Å². The van der Waals surface area contributed by atoms with Gasteiger partial charge in [-0.15, -0.1) is 0 Å². The summed E-state index contributed by atoms with van der Waals surface area (Å²) >= 11 is 1.08. The van der Waals surface area contributed by atoms with Crippen LogP contribution in [-0.2, 0) is 11.3 Å². The van der Waals surface area contributed by atoms with Gasteiger partial charge in [0.1, 0.15) is 0 Å². The van der Waals surface area contributed by atoms with Crippen molar-refractivity contribution < 1.29 is 4.74 Å². The van der Waals surface area contributed by atoms with Crippen molar-refractivity contribution in [1.82, 2.24) is 4.37 Å². The van der Waals surface area contributed by atoms with Gasteiger partial charge < -0.3 is 9.11 Å². The van der Waals surface area contributed by atoms with E-state index < -0.39 is 0 Å². The molecule has 9 heavy (non-hydrogen) atoms. The molecule has 0 amide bonds. The normalized spacial score (nSPS) is 9.89. The third-order valence-electron chi connectivity index (χ3n) is 0.875. The first-order valence-corrected chi connectivity index (χ1v) is 3.31. The number of nitrogens with one attached hydrogen (secondary N) is 1. The maximum Gasteiger partial charge on any atom is 0.249 e. The van der Waals surface area contributed by atoms with E-state index in [9.17, 15) is 4.79 Å². The lowest BCUT2D eigenvalue weighted by molar-refractivity contribution is 0.182. The maximum absolute atomic E-state index is 10.5. The van der Waals surface area contributed by atoms with Crippen molar-refractivity contribution in [3.8, 4) is 0 Å². The van der Waals surface area contributed by atoms with Crippen molar-refractivity contribution in [1.29, 1.82) is 0 Å². The molecule has 0 unspecified atom stereocenters. The van der Waals surface area contributed by atoms with Gasteiger partial charge in [-0.05, 0) is 11.5 Å². The van der Waals surface area contributed by atoms with Crippen LogP contribution < -0.4 is 4.74 Å². The molecule has 0 aliphatic heterocycles. The van der Waals surface area contributed by atoms with Crippen LogP contribution in [0.25, 0.3) is 0 Å². The Kier molecular flexibility index (Phi) is 2.02. The summed E-state index contributed by atoms with van der Waals surface area (Å²) in [5.74, 6) is 0.